The van der Waals surface area contributed by atoms with Gasteiger partial charge in [0.15, 0.2) is 5.71 Å². The second-order valence-electron chi connectivity index (χ2n) is 6.40. The normalized spacial score (nSPS) is 16.4. The van der Waals surface area contributed by atoms with E-state index in [4.69, 9.17) is 0 Å². The van der Waals surface area contributed by atoms with Crippen molar-refractivity contribution in [2.75, 3.05) is 6.54 Å². The second-order valence-corrected chi connectivity index (χ2v) is 6.40. The fraction of sp³-hybridized carbons (Fsp3) is 0.556. The number of aldehydes is 1. The highest BCUT2D eigenvalue weighted by Crippen LogP contribution is 2.39. The molecule has 108 valence electrons. The zero-order valence-corrected chi connectivity index (χ0v) is 13.2. The van der Waals surface area contributed by atoms with E-state index in [9.17, 15) is 4.79 Å². The molecule has 0 atom stereocenters. The molecule has 2 nitrogen and oxygen atoms in total. The van der Waals surface area contributed by atoms with E-state index in [-0.39, 0.29) is 5.41 Å². The van der Waals surface area contributed by atoms with Crippen LogP contribution in [0, 0.1) is 6.92 Å². The Morgan fingerprint density at radius 3 is 2.60 bits per heavy atom. The molecule has 2 rings (SSSR count). The molecule has 0 bridgehead atoms. The molecule has 1 aliphatic rings. The Morgan fingerprint density at radius 1 is 1.15 bits per heavy atom. The van der Waals surface area contributed by atoms with Crippen molar-refractivity contribution in [1.82, 2.24) is 0 Å². The molecule has 1 aromatic rings. The summed E-state index contributed by atoms with van der Waals surface area (Å²) in [6, 6.07) is 6.78. The van der Waals surface area contributed by atoms with E-state index in [1.807, 2.05) is 0 Å². The van der Waals surface area contributed by atoms with Crippen LogP contribution < -0.4 is 0 Å². The molecule has 2 heteroatoms. The molecule has 1 aromatic carbocycles. The van der Waals surface area contributed by atoms with Gasteiger partial charge in [-0.05, 0) is 39.7 Å². The van der Waals surface area contributed by atoms with Crippen LogP contribution in [0.25, 0.3) is 0 Å². The highest BCUT2D eigenvalue weighted by atomic mass is 16.1. The van der Waals surface area contributed by atoms with Gasteiger partial charge in [-0.3, -0.25) is 0 Å². The predicted octanol–water partition coefficient (Wildman–Crippen LogP) is 4.15. The standard InChI is InChI=1S/C18H26NO/c1-14-9-10-17-16(13-14)18(3,4)15(2)19(17)11-7-5-6-8-12-20/h9-10,12-13H,5-8,11H2,1-4H3/q+1. The molecule has 0 fully saturated rings. The molecule has 1 heterocycles. The first-order valence-corrected chi connectivity index (χ1v) is 7.65. The van der Waals surface area contributed by atoms with Gasteiger partial charge in [0.05, 0.1) is 5.41 Å². The molecular formula is C18H26NO+. The van der Waals surface area contributed by atoms with E-state index in [1.54, 1.807) is 0 Å². The first-order valence-electron chi connectivity index (χ1n) is 7.65. The summed E-state index contributed by atoms with van der Waals surface area (Å²) in [6.45, 7) is 10.1. The molecule has 0 unspecified atom stereocenters. The topological polar surface area (TPSA) is 20.1 Å². The molecule has 0 saturated carbocycles. The van der Waals surface area contributed by atoms with Gasteiger partial charge in [-0.2, -0.15) is 4.58 Å². The fourth-order valence-electron chi connectivity index (χ4n) is 3.06. The molecule has 0 spiro atoms. The lowest BCUT2D eigenvalue weighted by Gasteiger charge is -2.15. The van der Waals surface area contributed by atoms with Crippen molar-refractivity contribution in [1.29, 1.82) is 0 Å². The monoisotopic (exact) mass is 272 g/mol. The molecule has 1 aliphatic heterocycles. The molecule has 0 N–H and O–H groups in total. The highest BCUT2D eigenvalue weighted by Gasteiger charge is 2.42. The smallest absolute Gasteiger partial charge is 0.209 e. The number of carbonyl (C=O) groups is 1. The summed E-state index contributed by atoms with van der Waals surface area (Å²) in [5.41, 5.74) is 5.71. The van der Waals surface area contributed by atoms with E-state index in [0.29, 0.717) is 6.42 Å². The molecule has 0 aliphatic carbocycles. The van der Waals surface area contributed by atoms with Crippen molar-refractivity contribution in [2.24, 2.45) is 0 Å². The van der Waals surface area contributed by atoms with Crippen LogP contribution in [0.4, 0.5) is 5.69 Å². The number of nitrogens with zero attached hydrogens (tertiary/aromatic N) is 1. The van der Waals surface area contributed by atoms with Gasteiger partial charge in [-0.1, -0.05) is 11.6 Å². The first-order chi connectivity index (χ1) is 9.48. The maximum atomic E-state index is 10.3. The fourth-order valence-corrected chi connectivity index (χ4v) is 3.06. The van der Waals surface area contributed by atoms with Gasteiger partial charge in [-0.25, -0.2) is 0 Å². The Labute approximate surface area is 122 Å². The van der Waals surface area contributed by atoms with Crippen molar-refractivity contribution in [3.8, 4) is 0 Å². The Kier molecular flexibility index (Phi) is 4.42. The van der Waals surface area contributed by atoms with E-state index in [0.717, 1.165) is 32.1 Å². The highest BCUT2D eigenvalue weighted by molar-refractivity contribution is 5.93. The minimum Gasteiger partial charge on any atom is -0.303 e. The van der Waals surface area contributed by atoms with Crippen molar-refractivity contribution in [3.05, 3.63) is 29.3 Å². The Hall–Kier alpha value is -1.44. The summed E-state index contributed by atoms with van der Waals surface area (Å²) < 4.78 is 2.47. The number of hydrogen-bond donors (Lipinski definition) is 0. The van der Waals surface area contributed by atoms with Crippen molar-refractivity contribution in [2.45, 2.75) is 58.8 Å². The summed E-state index contributed by atoms with van der Waals surface area (Å²) in [6.07, 6.45) is 5.01. The zero-order chi connectivity index (χ0) is 14.8. The third-order valence-corrected chi connectivity index (χ3v) is 4.63. The molecule has 0 radical (unpaired) electrons. The molecule has 0 saturated heterocycles. The predicted molar refractivity (Wildman–Crippen MR) is 84.2 cm³/mol. The van der Waals surface area contributed by atoms with Crippen molar-refractivity contribution < 1.29 is 9.37 Å². The lowest BCUT2D eigenvalue weighted by molar-refractivity contribution is -0.439. The van der Waals surface area contributed by atoms with Crippen LogP contribution in [0.5, 0.6) is 0 Å². The zero-order valence-electron chi connectivity index (χ0n) is 13.2. The number of unbranched alkanes of at least 4 members (excludes halogenated alkanes) is 3. The minimum absolute atomic E-state index is 0.129. The summed E-state index contributed by atoms with van der Waals surface area (Å²) >= 11 is 0. The third-order valence-electron chi connectivity index (χ3n) is 4.63. The molecule has 0 aromatic heterocycles. The summed E-state index contributed by atoms with van der Waals surface area (Å²) in [5.74, 6) is 0. The van der Waals surface area contributed by atoms with E-state index in [2.05, 4.69) is 50.5 Å². The van der Waals surface area contributed by atoms with Gasteiger partial charge >= 0.3 is 0 Å². The number of benzene rings is 1. The van der Waals surface area contributed by atoms with Gasteiger partial charge in [0.25, 0.3) is 0 Å². The SMILES string of the molecule is CC1=[N+](CCCCCC=O)c2ccc(C)cc2C1(C)C. The average Bonchev–Trinajstić information content (AvgIpc) is 2.59. The van der Waals surface area contributed by atoms with Crippen molar-refractivity contribution >= 4 is 17.7 Å². The Bertz CT molecular complexity index is 540. The van der Waals surface area contributed by atoms with Crippen LogP contribution in [0.2, 0.25) is 0 Å². The molecule has 0 amide bonds. The third kappa shape index (κ3) is 2.70. The van der Waals surface area contributed by atoms with Crippen LogP contribution in [-0.4, -0.2) is 23.1 Å². The van der Waals surface area contributed by atoms with Gasteiger partial charge in [-0.15, -0.1) is 0 Å². The summed E-state index contributed by atoms with van der Waals surface area (Å²) in [7, 11) is 0. The number of aryl methyl sites for hydroxylation is 1. The van der Waals surface area contributed by atoms with Gasteiger partial charge in [0.2, 0.25) is 5.69 Å². The molecular weight excluding hydrogens is 246 g/mol. The van der Waals surface area contributed by atoms with Crippen LogP contribution in [0.15, 0.2) is 18.2 Å². The number of fused-ring (bicyclic) bond motifs is 1. The lowest BCUT2D eigenvalue weighted by atomic mass is 9.82. The van der Waals surface area contributed by atoms with Crippen LogP contribution in [-0.2, 0) is 10.2 Å². The van der Waals surface area contributed by atoms with Crippen LogP contribution in [0.1, 0.15) is 57.6 Å². The Morgan fingerprint density at radius 2 is 1.90 bits per heavy atom. The summed E-state index contributed by atoms with van der Waals surface area (Å²) in [4.78, 5) is 10.3. The minimum atomic E-state index is 0.129. The van der Waals surface area contributed by atoms with Gasteiger partial charge in [0, 0.05) is 31.4 Å². The van der Waals surface area contributed by atoms with E-state index >= 15 is 0 Å². The van der Waals surface area contributed by atoms with Crippen molar-refractivity contribution in [3.63, 3.8) is 0 Å². The summed E-state index contributed by atoms with van der Waals surface area (Å²) in [5, 5.41) is 0. The largest absolute Gasteiger partial charge is 0.303 e. The number of carbonyl (C=O) groups excluding carboxylic acids is 1. The lowest BCUT2D eigenvalue weighted by Crippen LogP contribution is -2.26. The maximum absolute atomic E-state index is 10.3. The number of rotatable bonds is 6. The maximum Gasteiger partial charge on any atom is 0.209 e. The number of hydrogen-bond acceptors (Lipinski definition) is 1. The second kappa shape index (κ2) is 5.90. The quantitative estimate of drug-likeness (QED) is 0.433. The van der Waals surface area contributed by atoms with Crippen LogP contribution in [0.3, 0.4) is 0 Å². The average molecular weight is 272 g/mol. The molecule has 20 heavy (non-hydrogen) atoms. The van der Waals surface area contributed by atoms with E-state index < -0.39 is 0 Å². The Balaban J connectivity index is 2.16. The first kappa shape index (κ1) is 15.0. The van der Waals surface area contributed by atoms with Gasteiger partial charge in [0.1, 0.15) is 12.8 Å². The van der Waals surface area contributed by atoms with Crippen LogP contribution >= 0.6 is 0 Å². The van der Waals surface area contributed by atoms with E-state index in [1.165, 1.54) is 22.5 Å². The van der Waals surface area contributed by atoms with Gasteiger partial charge < -0.3 is 4.79 Å².